The van der Waals surface area contributed by atoms with Crippen LogP contribution in [-0.4, -0.2) is 20.4 Å². The van der Waals surface area contributed by atoms with Gasteiger partial charge in [-0.3, -0.25) is 9.78 Å². The van der Waals surface area contributed by atoms with Crippen LogP contribution < -0.4 is 11.5 Å². The number of anilines is 1. The molecule has 0 fully saturated rings. The van der Waals surface area contributed by atoms with Crippen LogP contribution in [0.5, 0.6) is 0 Å². The molecular formula is C14H15N5O. The zero-order valence-electron chi connectivity index (χ0n) is 11.1. The van der Waals surface area contributed by atoms with Crippen LogP contribution in [0, 0.1) is 0 Å². The quantitative estimate of drug-likeness (QED) is 0.754. The van der Waals surface area contributed by atoms with Gasteiger partial charge in [-0.15, -0.1) is 0 Å². The molecule has 4 N–H and O–H groups in total. The monoisotopic (exact) mass is 269 g/mol. The molecule has 0 aliphatic carbocycles. The highest BCUT2D eigenvalue weighted by Gasteiger charge is 2.18. The minimum atomic E-state index is -0.364. The Labute approximate surface area is 115 Å². The number of rotatable bonds is 3. The lowest BCUT2D eigenvalue weighted by molar-refractivity contribution is -0.118. The van der Waals surface area contributed by atoms with Gasteiger partial charge in [-0.1, -0.05) is 18.2 Å². The SMILES string of the molecule is CC(CC(N)=O)n1c(N)nc2cnc3ccccc3c21. The highest BCUT2D eigenvalue weighted by Crippen LogP contribution is 2.29. The summed E-state index contributed by atoms with van der Waals surface area (Å²) in [4.78, 5) is 19.8. The van der Waals surface area contributed by atoms with Gasteiger partial charge in [-0.2, -0.15) is 0 Å². The zero-order valence-corrected chi connectivity index (χ0v) is 11.1. The fourth-order valence-electron chi connectivity index (χ4n) is 2.57. The molecule has 0 bridgehead atoms. The molecule has 2 heterocycles. The maximum absolute atomic E-state index is 11.2. The summed E-state index contributed by atoms with van der Waals surface area (Å²) >= 11 is 0. The van der Waals surface area contributed by atoms with Crippen molar-refractivity contribution in [1.82, 2.24) is 14.5 Å². The molecule has 6 heteroatoms. The molecule has 2 aromatic heterocycles. The van der Waals surface area contributed by atoms with Crippen LogP contribution in [0.4, 0.5) is 5.95 Å². The van der Waals surface area contributed by atoms with E-state index < -0.39 is 0 Å². The van der Waals surface area contributed by atoms with Crippen molar-refractivity contribution in [2.45, 2.75) is 19.4 Å². The van der Waals surface area contributed by atoms with E-state index in [0.717, 1.165) is 21.9 Å². The standard InChI is InChI=1S/C14H15N5O/c1-8(6-12(15)20)19-13-9-4-2-3-5-10(9)17-7-11(13)18-14(19)16/h2-5,7-8H,6H2,1H3,(H2,15,20)(H2,16,18). The number of nitrogens with two attached hydrogens (primary N) is 2. The molecule has 0 spiro atoms. The van der Waals surface area contributed by atoms with Gasteiger partial charge in [0, 0.05) is 17.8 Å². The Morgan fingerprint density at radius 3 is 2.85 bits per heavy atom. The Bertz CT molecular complexity index is 808. The van der Waals surface area contributed by atoms with Crippen molar-refractivity contribution in [3.05, 3.63) is 30.5 Å². The second-order valence-corrected chi connectivity index (χ2v) is 4.87. The predicted molar refractivity (Wildman–Crippen MR) is 78.0 cm³/mol. The Kier molecular flexibility index (Phi) is 2.78. The number of para-hydroxylation sites is 1. The van der Waals surface area contributed by atoms with Crippen LogP contribution >= 0.6 is 0 Å². The van der Waals surface area contributed by atoms with Gasteiger partial charge < -0.3 is 16.0 Å². The van der Waals surface area contributed by atoms with Crippen LogP contribution in [0.2, 0.25) is 0 Å². The fraction of sp³-hybridized carbons (Fsp3) is 0.214. The molecule has 1 aromatic carbocycles. The number of benzene rings is 1. The molecule has 0 aliphatic rings. The molecule has 1 amide bonds. The highest BCUT2D eigenvalue weighted by atomic mass is 16.1. The number of hydrogen-bond acceptors (Lipinski definition) is 4. The first-order chi connectivity index (χ1) is 9.58. The number of carbonyl (C=O) groups is 1. The summed E-state index contributed by atoms with van der Waals surface area (Å²) in [6.07, 6.45) is 1.91. The summed E-state index contributed by atoms with van der Waals surface area (Å²) in [5.41, 5.74) is 13.8. The molecule has 0 saturated carbocycles. The maximum atomic E-state index is 11.2. The molecule has 1 unspecified atom stereocenters. The van der Waals surface area contributed by atoms with Crippen molar-refractivity contribution in [2.24, 2.45) is 5.73 Å². The van der Waals surface area contributed by atoms with Crippen LogP contribution in [0.1, 0.15) is 19.4 Å². The first-order valence-electron chi connectivity index (χ1n) is 6.37. The second kappa shape index (κ2) is 4.48. The topological polar surface area (TPSA) is 99.8 Å². The van der Waals surface area contributed by atoms with E-state index in [9.17, 15) is 4.79 Å². The van der Waals surface area contributed by atoms with Gasteiger partial charge >= 0.3 is 0 Å². The molecule has 20 heavy (non-hydrogen) atoms. The lowest BCUT2D eigenvalue weighted by Gasteiger charge is -2.15. The van der Waals surface area contributed by atoms with Gasteiger partial charge in [0.25, 0.3) is 0 Å². The molecule has 0 aliphatic heterocycles. The summed E-state index contributed by atoms with van der Waals surface area (Å²) in [5.74, 6) is 0.00372. The van der Waals surface area contributed by atoms with Crippen molar-refractivity contribution >= 4 is 33.8 Å². The van der Waals surface area contributed by atoms with Gasteiger partial charge in [0.15, 0.2) is 0 Å². The number of aromatic nitrogens is 3. The second-order valence-electron chi connectivity index (χ2n) is 4.87. The van der Waals surface area contributed by atoms with Gasteiger partial charge in [0.05, 0.1) is 17.2 Å². The maximum Gasteiger partial charge on any atom is 0.219 e. The van der Waals surface area contributed by atoms with E-state index in [-0.39, 0.29) is 18.4 Å². The number of hydrogen-bond donors (Lipinski definition) is 2. The summed E-state index contributed by atoms with van der Waals surface area (Å²) in [6.45, 7) is 1.90. The first-order valence-corrected chi connectivity index (χ1v) is 6.37. The molecule has 0 radical (unpaired) electrons. The lowest BCUT2D eigenvalue weighted by atomic mass is 10.1. The van der Waals surface area contributed by atoms with Crippen LogP contribution in [0.3, 0.4) is 0 Å². The zero-order chi connectivity index (χ0) is 14.3. The van der Waals surface area contributed by atoms with Crippen LogP contribution in [0.15, 0.2) is 30.5 Å². The van der Waals surface area contributed by atoms with Gasteiger partial charge in [-0.25, -0.2) is 4.98 Å². The number of pyridine rings is 1. The predicted octanol–water partition coefficient (Wildman–Crippen LogP) is 1.60. The third-order valence-corrected chi connectivity index (χ3v) is 3.39. The smallest absolute Gasteiger partial charge is 0.219 e. The number of carbonyl (C=O) groups excluding carboxylic acids is 1. The van der Waals surface area contributed by atoms with Crippen molar-refractivity contribution in [1.29, 1.82) is 0 Å². The number of fused-ring (bicyclic) bond motifs is 3. The van der Waals surface area contributed by atoms with Crippen LogP contribution in [0.25, 0.3) is 21.9 Å². The lowest BCUT2D eigenvalue weighted by Crippen LogP contribution is -2.18. The average molecular weight is 269 g/mol. The van der Waals surface area contributed by atoms with Crippen molar-refractivity contribution in [3.8, 4) is 0 Å². The largest absolute Gasteiger partial charge is 0.370 e. The summed E-state index contributed by atoms with van der Waals surface area (Å²) < 4.78 is 1.85. The van der Waals surface area contributed by atoms with Crippen LogP contribution in [-0.2, 0) is 4.79 Å². The Balaban J connectivity index is 2.32. The van der Waals surface area contributed by atoms with Gasteiger partial charge in [-0.05, 0) is 13.0 Å². The number of nitrogens with zero attached hydrogens (tertiary/aromatic N) is 3. The third-order valence-electron chi connectivity index (χ3n) is 3.39. The molecular weight excluding hydrogens is 254 g/mol. The Hall–Kier alpha value is -2.63. The van der Waals surface area contributed by atoms with E-state index in [1.165, 1.54) is 0 Å². The van der Waals surface area contributed by atoms with Crippen molar-refractivity contribution < 1.29 is 4.79 Å². The Morgan fingerprint density at radius 1 is 1.35 bits per heavy atom. The minimum absolute atomic E-state index is 0.150. The first kappa shape index (κ1) is 12.4. The van der Waals surface area contributed by atoms with E-state index in [4.69, 9.17) is 11.5 Å². The number of primary amides is 1. The normalized spacial score (nSPS) is 12.8. The van der Waals surface area contributed by atoms with E-state index in [1.54, 1.807) is 6.20 Å². The van der Waals surface area contributed by atoms with Crippen molar-refractivity contribution in [2.75, 3.05) is 5.73 Å². The van der Waals surface area contributed by atoms with E-state index in [2.05, 4.69) is 9.97 Å². The third kappa shape index (κ3) is 1.85. The highest BCUT2D eigenvalue weighted by molar-refractivity contribution is 6.03. The number of imidazole rings is 1. The molecule has 3 rings (SSSR count). The Morgan fingerprint density at radius 2 is 2.10 bits per heavy atom. The number of nitrogen functional groups attached to an aromatic ring is 1. The van der Waals surface area contributed by atoms with E-state index in [0.29, 0.717) is 5.95 Å². The summed E-state index contributed by atoms with van der Waals surface area (Å²) in [5, 5.41) is 0.963. The van der Waals surface area contributed by atoms with Gasteiger partial charge in [0.2, 0.25) is 11.9 Å². The fourth-order valence-corrected chi connectivity index (χ4v) is 2.57. The molecule has 3 aromatic rings. The van der Waals surface area contributed by atoms with Gasteiger partial charge in [0.1, 0.15) is 5.52 Å². The molecule has 0 saturated heterocycles. The molecule has 1 atom stereocenters. The van der Waals surface area contributed by atoms with E-state index in [1.807, 2.05) is 35.8 Å². The summed E-state index contributed by atoms with van der Waals surface area (Å²) in [6, 6.07) is 7.62. The van der Waals surface area contributed by atoms with E-state index >= 15 is 0 Å². The number of amides is 1. The molecule has 102 valence electrons. The minimum Gasteiger partial charge on any atom is -0.370 e. The summed E-state index contributed by atoms with van der Waals surface area (Å²) in [7, 11) is 0. The van der Waals surface area contributed by atoms with Crippen molar-refractivity contribution in [3.63, 3.8) is 0 Å². The average Bonchev–Trinajstić information content (AvgIpc) is 2.74. The molecule has 6 nitrogen and oxygen atoms in total.